The zero-order valence-corrected chi connectivity index (χ0v) is 18.8. The predicted molar refractivity (Wildman–Crippen MR) is 123 cm³/mol. The van der Waals surface area contributed by atoms with Gasteiger partial charge in [-0.15, -0.1) is 11.3 Å². The molecule has 0 radical (unpaired) electrons. The van der Waals surface area contributed by atoms with Crippen LogP contribution in [0.2, 0.25) is 0 Å². The fourth-order valence-electron chi connectivity index (χ4n) is 3.96. The molecule has 4 aromatic heterocycles. The smallest absolute Gasteiger partial charge is 0.188 e. The van der Waals surface area contributed by atoms with E-state index < -0.39 is 0 Å². The minimum absolute atomic E-state index is 0.0599. The topological polar surface area (TPSA) is 67.6 Å². The van der Waals surface area contributed by atoms with Gasteiger partial charge in [-0.25, -0.2) is 15.0 Å². The van der Waals surface area contributed by atoms with Gasteiger partial charge in [-0.3, -0.25) is 4.90 Å². The second-order valence-electron chi connectivity index (χ2n) is 8.02. The van der Waals surface area contributed by atoms with E-state index in [4.69, 9.17) is 14.7 Å². The lowest BCUT2D eigenvalue weighted by molar-refractivity contribution is -0.0354. The highest BCUT2D eigenvalue weighted by Crippen LogP contribution is 2.26. The molecule has 1 N–H and O–H groups in total. The Labute approximate surface area is 185 Å². The SMILES string of the molecule is Cc1ccn2c(CN3CCOC(c4cccc(Nc5ncc(C)s5)n4)C3)c(C)nc2c1. The number of aromatic nitrogens is 4. The molecule has 0 spiro atoms. The molecule has 1 unspecified atom stereocenters. The van der Waals surface area contributed by atoms with Crippen molar-refractivity contribution in [2.24, 2.45) is 0 Å². The Kier molecular flexibility index (Phi) is 5.43. The van der Waals surface area contributed by atoms with Gasteiger partial charge >= 0.3 is 0 Å². The first-order valence-corrected chi connectivity index (χ1v) is 11.3. The van der Waals surface area contributed by atoms with Crippen LogP contribution in [0.5, 0.6) is 0 Å². The summed E-state index contributed by atoms with van der Waals surface area (Å²) in [5.41, 5.74) is 5.49. The number of aryl methyl sites for hydroxylation is 3. The molecule has 1 atom stereocenters. The Bertz CT molecular complexity index is 1220. The predicted octanol–water partition coefficient (Wildman–Crippen LogP) is 4.43. The van der Waals surface area contributed by atoms with Crippen LogP contribution in [0.25, 0.3) is 5.65 Å². The van der Waals surface area contributed by atoms with E-state index in [2.05, 4.69) is 51.8 Å². The summed E-state index contributed by atoms with van der Waals surface area (Å²) in [6.07, 6.45) is 3.92. The molecule has 0 aliphatic carbocycles. The number of anilines is 2. The molecule has 0 aromatic carbocycles. The van der Waals surface area contributed by atoms with Crippen LogP contribution in [0, 0.1) is 20.8 Å². The van der Waals surface area contributed by atoms with Crippen molar-refractivity contribution in [1.82, 2.24) is 24.3 Å². The summed E-state index contributed by atoms with van der Waals surface area (Å²) in [5, 5.41) is 4.15. The van der Waals surface area contributed by atoms with E-state index in [0.717, 1.165) is 47.6 Å². The molecular weight excluding hydrogens is 408 g/mol. The van der Waals surface area contributed by atoms with Crippen molar-refractivity contribution >= 4 is 27.9 Å². The maximum absolute atomic E-state index is 6.09. The van der Waals surface area contributed by atoms with Crippen molar-refractivity contribution < 1.29 is 4.74 Å². The fourth-order valence-corrected chi connectivity index (χ4v) is 4.64. The maximum Gasteiger partial charge on any atom is 0.188 e. The summed E-state index contributed by atoms with van der Waals surface area (Å²) in [5.74, 6) is 0.792. The number of nitrogens with zero attached hydrogens (tertiary/aromatic N) is 5. The summed E-state index contributed by atoms with van der Waals surface area (Å²) in [7, 11) is 0. The number of thiazole rings is 1. The number of rotatable bonds is 5. The Hall–Kier alpha value is -2.81. The average molecular weight is 435 g/mol. The normalized spacial score (nSPS) is 17.3. The number of imidazole rings is 1. The number of hydrogen-bond acceptors (Lipinski definition) is 7. The third-order valence-electron chi connectivity index (χ3n) is 5.56. The molecule has 1 aliphatic rings. The van der Waals surface area contributed by atoms with Crippen LogP contribution in [-0.2, 0) is 11.3 Å². The number of ether oxygens (including phenoxy) is 1. The molecule has 160 valence electrons. The van der Waals surface area contributed by atoms with Crippen LogP contribution in [-0.4, -0.2) is 43.9 Å². The molecule has 4 aromatic rings. The van der Waals surface area contributed by atoms with Crippen molar-refractivity contribution in [3.8, 4) is 0 Å². The number of pyridine rings is 2. The number of hydrogen-bond donors (Lipinski definition) is 1. The molecule has 8 heteroatoms. The number of morpholine rings is 1. The lowest BCUT2D eigenvalue weighted by atomic mass is 10.1. The summed E-state index contributed by atoms with van der Waals surface area (Å²) >= 11 is 1.62. The summed E-state index contributed by atoms with van der Waals surface area (Å²) in [6, 6.07) is 10.3. The highest BCUT2D eigenvalue weighted by atomic mass is 32.1. The van der Waals surface area contributed by atoms with Gasteiger partial charge in [-0.05, 0) is 50.6 Å². The Morgan fingerprint density at radius 3 is 2.94 bits per heavy atom. The van der Waals surface area contributed by atoms with E-state index in [-0.39, 0.29) is 6.10 Å². The van der Waals surface area contributed by atoms with Gasteiger partial charge < -0.3 is 14.5 Å². The van der Waals surface area contributed by atoms with E-state index in [1.54, 1.807) is 11.3 Å². The van der Waals surface area contributed by atoms with Gasteiger partial charge in [-0.2, -0.15) is 0 Å². The standard InChI is InChI=1S/C23H26N6OS/c1-15-7-8-29-19(17(3)25-22(29)11-15)13-28-9-10-30-20(14-28)18-5-4-6-21(26-18)27-23-24-12-16(2)31-23/h4-8,11-12,20H,9-10,13-14H2,1-3H3,(H,24,26,27). The molecule has 0 bridgehead atoms. The first-order valence-electron chi connectivity index (χ1n) is 10.5. The zero-order chi connectivity index (χ0) is 21.4. The fraction of sp³-hybridized carbons (Fsp3) is 0.348. The van der Waals surface area contributed by atoms with Gasteiger partial charge in [0, 0.05) is 36.9 Å². The van der Waals surface area contributed by atoms with E-state index in [0.29, 0.717) is 6.61 Å². The van der Waals surface area contributed by atoms with Crippen molar-refractivity contribution in [2.45, 2.75) is 33.4 Å². The third kappa shape index (κ3) is 4.32. The van der Waals surface area contributed by atoms with E-state index >= 15 is 0 Å². The molecule has 31 heavy (non-hydrogen) atoms. The Morgan fingerprint density at radius 1 is 1.19 bits per heavy atom. The molecule has 0 amide bonds. The van der Waals surface area contributed by atoms with Crippen LogP contribution < -0.4 is 5.32 Å². The van der Waals surface area contributed by atoms with Crippen LogP contribution in [0.1, 0.15) is 33.6 Å². The first-order chi connectivity index (χ1) is 15.0. The number of nitrogens with one attached hydrogen (secondary N) is 1. The first kappa shape index (κ1) is 20.1. The van der Waals surface area contributed by atoms with Crippen LogP contribution in [0.4, 0.5) is 10.9 Å². The molecule has 1 fully saturated rings. The lowest BCUT2D eigenvalue weighted by Crippen LogP contribution is -2.38. The molecule has 1 aliphatic heterocycles. The molecule has 1 saturated heterocycles. The van der Waals surface area contributed by atoms with Crippen LogP contribution >= 0.6 is 11.3 Å². The molecular formula is C23H26N6OS. The van der Waals surface area contributed by atoms with Gasteiger partial charge in [0.1, 0.15) is 17.6 Å². The monoisotopic (exact) mass is 434 g/mol. The van der Waals surface area contributed by atoms with E-state index in [9.17, 15) is 0 Å². The average Bonchev–Trinajstić information content (AvgIpc) is 3.30. The minimum Gasteiger partial charge on any atom is -0.369 e. The summed E-state index contributed by atoms with van der Waals surface area (Å²) < 4.78 is 8.29. The summed E-state index contributed by atoms with van der Waals surface area (Å²) in [4.78, 5) is 17.5. The van der Waals surface area contributed by atoms with Crippen LogP contribution in [0.15, 0.2) is 42.7 Å². The van der Waals surface area contributed by atoms with Crippen molar-refractivity contribution in [1.29, 1.82) is 0 Å². The molecule has 5 rings (SSSR count). The highest BCUT2D eigenvalue weighted by Gasteiger charge is 2.25. The lowest BCUT2D eigenvalue weighted by Gasteiger charge is -2.32. The van der Waals surface area contributed by atoms with Crippen molar-refractivity contribution in [2.75, 3.05) is 25.0 Å². The quantitative estimate of drug-likeness (QED) is 0.501. The number of fused-ring (bicyclic) bond motifs is 1. The zero-order valence-electron chi connectivity index (χ0n) is 18.0. The van der Waals surface area contributed by atoms with Crippen LogP contribution in [0.3, 0.4) is 0 Å². The van der Waals surface area contributed by atoms with Crippen molar-refractivity contribution in [3.05, 3.63) is 70.2 Å². The molecule has 5 heterocycles. The van der Waals surface area contributed by atoms with Gasteiger partial charge in [0.2, 0.25) is 0 Å². The summed E-state index contributed by atoms with van der Waals surface area (Å²) in [6.45, 7) is 9.45. The van der Waals surface area contributed by atoms with E-state index in [1.165, 1.54) is 16.1 Å². The van der Waals surface area contributed by atoms with Gasteiger partial charge in [-0.1, -0.05) is 6.07 Å². The second-order valence-corrected chi connectivity index (χ2v) is 9.25. The van der Waals surface area contributed by atoms with Crippen molar-refractivity contribution in [3.63, 3.8) is 0 Å². The Balaban J connectivity index is 1.32. The maximum atomic E-state index is 6.09. The van der Waals surface area contributed by atoms with Gasteiger partial charge in [0.15, 0.2) is 5.13 Å². The second kappa shape index (κ2) is 8.37. The third-order valence-corrected chi connectivity index (χ3v) is 6.39. The largest absolute Gasteiger partial charge is 0.369 e. The molecule has 7 nitrogen and oxygen atoms in total. The van der Waals surface area contributed by atoms with Gasteiger partial charge in [0.25, 0.3) is 0 Å². The van der Waals surface area contributed by atoms with Gasteiger partial charge in [0.05, 0.1) is 23.7 Å². The highest BCUT2D eigenvalue weighted by molar-refractivity contribution is 7.15. The Morgan fingerprint density at radius 2 is 2.10 bits per heavy atom. The minimum atomic E-state index is -0.0599. The molecule has 0 saturated carbocycles. The van der Waals surface area contributed by atoms with E-state index in [1.807, 2.05) is 31.3 Å².